The maximum atomic E-state index is 9.83. The molecular weight excluding hydrogens is 1160 g/mol. The molecule has 0 atom stereocenters. The van der Waals surface area contributed by atoms with Crippen molar-refractivity contribution < 1.29 is 19.7 Å². The Morgan fingerprint density at radius 3 is 1.07 bits per heavy atom. The van der Waals surface area contributed by atoms with Gasteiger partial charge in [0.15, 0.2) is 0 Å². The van der Waals surface area contributed by atoms with E-state index in [1.54, 1.807) is 24.3 Å². The molecule has 3 aliphatic rings. The van der Waals surface area contributed by atoms with Gasteiger partial charge in [-0.3, -0.25) is 0 Å². The Labute approximate surface area is 448 Å². The quantitative estimate of drug-likeness (QED) is 0.0912. The zero-order chi connectivity index (χ0) is 48.3. The first kappa shape index (κ1) is 49.5. The zero-order valence-electron chi connectivity index (χ0n) is 36.5. The highest BCUT2D eigenvalue weighted by Gasteiger charge is 2.53. The molecule has 9 aromatic rings. The summed E-state index contributed by atoms with van der Waals surface area (Å²) >= 11 is 28.2. The Kier molecular flexibility index (Phi) is 15.1. The number of hydrogen-bond acceptors (Lipinski definition) is 4. The van der Waals surface area contributed by atoms with Crippen molar-refractivity contribution in [1.82, 2.24) is 0 Å². The van der Waals surface area contributed by atoms with E-state index < -0.39 is 18.0 Å². The van der Waals surface area contributed by atoms with Crippen molar-refractivity contribution in [1.29, 1.82) is 0 Å². The topological polar surface area (TPSA) is 69.9 Å². The van der Waals surface area contributed by atoms with E-state index in [0.29, 0.717) is 18.8 Å². The summed E-state index contributed by atoms with van der Waals surface area (Å²) in [6.07, 6.45) is 0. The molecule has 0 aromatic heterocycles. The van der Waals surface area contributed by atoms with Crippen LogP contribution in [0.2, 0.25) is 15.1 Å². The van der Waals surface area contributed by atoms with Crippen molar-refractivity contribution in [2.45, 2.75) is 14.1 Å². The van der Waals surface area contributed by atoms with Crippen molar-refractivity contribution in [3.63, 3.8) is 0 Å². The van der Waals surface area contributed by atoms with Gasteiger partial charge in [-0.05, 0) is 143 Å². The summed E-state index contributed by atoms with van der Waals surface area (Å²) in [4.78, 5) is 0. The van der Waals surface area contributed by atoms with E-state index in [4.69, 9.17) is 44.5 Å². The smallest absolute Gasteiger partial charge is 0.429 e. The van der Waals surface area contributed by atoms with Gasteiger partial charge in [-0.15, -0.1) is 0 Å². The van der Waals surface area contributed by atoms with Crippen molar-refractivity contribution in [2.75, 3.05) is 0 Å². The molecule has 4 nitrogen and oxygen atoms in total. The van der Waals surface area contributed by atoms with Crippen LogP contribution in [0.15, 0.2) is 218 Å². The van der Waals surface area contributed by atoms with Crippen molar-refractivity contribution in [3.05, 3.63) is 282 Å². The van der Waals surface area contributed by atoms with Crippen LogP contribution in [0.1, 0.15) is 44.5 Å². The van der Waals surface area contributed by atoms with Crippen molar-refractivity contribution >= 4 is 104 Å². The lowest BCUT2D eigenvalue weighted by molar-refractivity contribution is 0.135. The highest BCUT2D eigenvalue weighted by Crippen LogP contribution is 2.58. The summed E-state index contributed by atoms with van der Waals surface area (Å²) in [5, 5.41) is 30.9. The Morgan fingerprint density at radius 1 is 0.420 bits per heavy atom. The zero-order valence-corrected chi connectivity index (χ0v) is 44.1. The lowest BCUT2D eigenvalue weighted by atomic mass is 9.62. The SMILES string of the molecule is BrC1(Br)c2ccccc2-c2ccccc21.Clc1cccc(C2(c3cccc(Cl)c3)c3ccccc3-c3ccccc32)c1.Clc1cccc(I)c1.O[B]OC1(B(O)O)c2ccccc2-c2ccccc21. The molecular formula is C57H39B2Br2Cl3IO4. The maximum absolute atomic E-state index is 9.83. The average molecular weight is 1200 g/mol. The molecule has 9 aromatic carbocycles. The minimum absolute atomic E-state index is 0.215. The first-order valence-corrected chi connectivity index (χ1v) is 25.6. The van der Waals surface area contributed by atoms with E-state index in [1.807, 2.05) is 72.8 Å². The molecule has 12 heteroatoms. The molecule has 0 heterocycles. The van der Waals surface area contributed by atoms with Crippen LogP contribution in [-0.2, 0) is 18.8 Å². The third kappa shape index (κ3) is 9.21. The second-order valence-electron chi connectivity index (χ2n) is 16.4. The normalized spacial score (nSPS) is 14.0. The lowest BCUT2D eigenvalue weighted by Gasteiger charge is -2.34. The standard InChI is InChI=1S/C25H16Cl2.C13H11B2O4.C13H8Br2.C6H4ClI/c26-19-9-5-7-17(15-19)25(18-8-6-10-20(27)16-18)23-13-3-1-11-21(23)22-12-2-4-14-24(22)25;16-14-19-13(15(17)18)11-7-3-1-5-9(11)10-6-2-4-8-12(10)13;14-13(15)11-7-3-1-5-9(11)10-6-2-4-8-12(10)13;7-5-2-1-3-6(8)4-5/h1-16H;1-8,16-18H;1-8H;1-4H. The van der Waals surface area contributed by atoms with E-state index in [-0.39, 0.29) is 3.23 Å². The minimum atomic E-state index is -1.79. The van der Waals surface area contributed by atoms with E-state index in [0.717, 1.165) is 37.3 Å². The van der Waals surface area contributed by atoms with Crippen LogP contribution < -0.4 is 0 Å². The molecule has 12 rings (SSSR count). The number of alkyl halides is 2. The number of hydrogen-bond donors (Lipinski definition) is 3. The number of halogens is 6. The monoisotopic (exact) mass is 1200 g/mol. The van der Waals surface area contributed by atoms with Crippen LogP contribution in [0.25, 0.3) is 33.4 Å². The molecule has 69 heavy (non-hydrogen) atoms. The van der Waals surface area contributed by atoms with Crippen LogP contribution in [-0.4, -0.2) is 29.9 Å². The van der Waals surface area contributed by atoms with Crippen LogP contribution in [0.3, 0.4) is 0 Å². The van der Waals surface area contributed by atoms with Gasteiger partial charge < -0.3 is 19.7 Å². The molecule has 0 bridgehead atoms. The predicted molar refractivity (Wildman–Crippen MR) is 300 cm³/mol. The second kappa shape index (κ2) is 21.1. The Balaban J connectivity index is 0.000000124. The van der Waals surface area contributed by atoms with Gasteiger partial charge in [-0.1, -0.05) is 243 Å². The van der Waals surface area contributed by atoms with Gasteiger partial charge in [0.1, 0.15) is 8.73 Å². The van der Waals surface area contributed by atoms with Crippen LogP contribution >= 0.6 is 89.3 Å². The van der Waals surface area contributed by atoms with E-state index in [2.05, 4.69) is 176 Å². The average Bonchev–Trinajstić information content (AvgIpc) is 3.92. The minimum Gasteiger partial charge on any atom is -0.429 e. The van der Waals surface area contributed by atoms with Gasteiger partial charge in [0.05, 0.1) is 5.41 Å². The molecule has 339 valence electrons. The van der Waals surface area contributed by atoms with Crippen LogP contribution in [0.4, 0.5) is 0 Å². The van der Waals surface area contributed by atoms with E-state index in [1.165, 1.54) is 48.1 Å². The molecule has 0 amide bonds. The summed E-state index contributed by atoms with van der Waals surface area (Å²) in [6, 6.07) is 72.9. The first-order chi connectivity index (χ1) is 33.4. The molecule has 3 aliphatic carbocycles. The molecule has 1 radical (unpaired) electrons. The Bertz CT molecular complexity index is 3110. The third-order valence-electron chi connectivity index (χ3n) is 12.6. The number of rotatable bonds is 5. The summed E-state index contributed by atoms with van der Waals surface area (Å²) < 4.78 is 6.20. The van der Waals surface area contributed by atoms with E-state index >= 15 is 0 Å². The summed E-state index contributed by atoms with van der Waals surface area (Å²) in [6.45, 7) is 0. The largest absolute Gasteiger partial charge is 0.494 e. The van der Waals surface area contributed by atoms with Gasteiger partial charge in [-0.25, -0.2) is 0 Å². The van der Waals surface area contributed by atoms with Gasteiger partial charge in [0.25, 0.3) is 0 Å². The fourth-order valence-electron chi connectivity index (χ4n) is 9.83. The van der Waals surface area contributed by atoms with Gasteiger partial charge >= 0.3 is 14.8 Å². The van der Waals surface area contributed by atoms with Crippen molar-refractivity contribution in [2.24, 2.45) is 0 Å². The number of benzene rings is 9. The first-order valence-electron chi connectivity index (χ1n) is 21.8. The summed E-state index contributed by atoms with van der Waals surface area (Å²) in [7, 11) is -1.29. The Hall–Kier alpha value is -4.49. The molecule has 0 spiro atoms. The van der Waals surface area contributed by atoms with Crippen molar-refractivity contribution in [3.8, 4) is 33.4 Å². The van der Waals surface area contributed by atoms with Crippen LogP contribution in [0.5, 0.6) is 0 Å². The second-order valence-corrected chi connectivity index (χ2v) is 22.4. The van der Waals surface area contributed by atoms with Gasteiger partial charge in [0, 0.05) is 18.6 Å². The lowest BCUT2D eigenvalue weighted by Crippen LogP contribution is -2.46. The molecule has 0 saturated heterocycles. The maximum Gasteiger partial charge on any atom is 0.494 e. The fraction of sp³-hybridized carbons (Fsp3) is 0.0526. The summed E-state index contributed by atoms with van der Waals surface area (Å²) in [5.74, 6) is 0. The van der Waals surface area contributed by atoms with Gasteiger partial charge in [-0.2, -0.15) is 0 Å². The van der Waals surface area contributed by atoms with E-state index in [9.17, 15) is 10.0 Å². The number of fused-ring (bicyclic) bond motifs is 9. The van der Waals surface area contributed by atoms with Crippen LogP contribution in [0, 0.1) is 3.57 Å². The molecule has 0 fully saturated rings. The Morgan fingerprint density at radius 2 is 0.739 bits per heavy atom. The fourth-order valence-corrected chi connectivity index (χ4v) is 12.5. The van der Waals surface area contributed by atoms with Gasteiger partial charge in [0.2, 0.25) is 0 Å². The highest BCUT2D eigenvalue weighted by atomic mass is 127. The molecule has 0 aliphatic heterocycles. The molecule has 0 unspecified atom stereocenters. The highest BCUT2D eigenvalue weighted by molar-refractivity contribution is 14.1. The molecule has 0 saturated carbocycles. The predicted octanol–water partition coefficient (Wildman–Crippen LogP) is 15.4. The summed E-state index contributed by atoms with van der Waals surface area (Å²) in [5.41, 5.74) is 13.6. The third-order valence-corrected chi connectivity index (χ3v) is 15.7. The molecule has 3 N–H and O–H groups in total.